The molecule has 0 heterocycles. The molecule has 5 nitrogen and oxygen atoms in total. The van der Waals surface area contributed by atoms with E-state index in [2.05, 4.69) is 26.0 Å². The van der Waals surface area contributed by atoms with Gasteiger partial charge in [0.25, 0.3) is 0 Å². The standard InChI is InChI=1S/C36H66O5/c1-3-5-7-21-27-33(37)28-22-17-13-9-12-16-20-26-32-36(40)41-34(29-23-8-6-4-2)30-24-18-14-10-11-15-19-25-31-35(38)39/h18,24,26,32-34,37H,3-17,19-23,25,27-31H2,1-2H3,(H,38,39)/b24-18-,32-26?/t33?,34-/m1/s1. The summed E-state index contributed by atoms with van der Waals surface area (Å²) in [7, 11) is 0. The number of esters is 1. The first-order valence-corrected chi connectivity index (χ1v) is 17.4. The lowest BCUT2D eigenvalue weighted by Gasteiger charge is -2.15. The van der Waals surface area contributed by atoms with Gasteiger partial charge in [0.05, 0.1) is 6.10 Å². The summed E-state index contributed by atoms with van der Waals surface area (Å²) in [6.07, 6.45) is 35.5. The fraction of sp³-hybridized carbons (Fsp3) is 0.833. The van der Waals surface area contributed by atoms with Crippen LogP contribution in [0.2, 0.25) is 0 Å². The van der Waals surface area contributed by atoms with Gasteiger partial charge in [-0.15, -0.1) is 0 Å². The number of carbonyl (C=O) groups excluding carboxylic acids is 1. The summed E-state index contributed by atoms with van der Waals surface area (Å²) in [5.74, 6) is -0.917. The maximum atomic E-state index is 12.4. The maximum absolute atomic E-state index is 12.4. The first kappa shape index (κ1) is 39.4. The van der Waals surface area contributed by atoms with Gasteiger partial charge >= 0.3 is 11.9 Å². The summed E-state index contributed by atoms with van der Waals surface area (Å²) in [5, 5.41) is 18.8. The fourth-order valence-electron chi connectivity index (χ4n) is 5.14. The number of hydrogen-bond donors (Lipinski definition) is 2. The summed E-state index contributed by atoms with van der Waals surface area (Å²) >= 11 is 0. The number of allylic oxidation sites excluding steroid dienone is 2. The number of hydrogen-bond acceptors (Lipinski definition) is 4. The van der Waals surface area contributed by atoms with Crippen LogP contribution in [0, 0.1) is 0 Å². The Kier molecular flexibility index (Phi) is 30.1. The second-order valence-corrected chi connectivity index (χ2v) is 11.9. The van der Waals surface area contributed by atoms with E-state index in [4.69, 9.17) is 9.84 Å². The predicted octanol–water partition coefficient (Wildman–Crippen LogP) is 10.6. The molecule has 0 rings (SSSR count). The van der Waals surface area contributed by atoms with E-state index in [0.717, 1.165) is 96.3 Å². The number of carboxylic acid groups (broad SMARTS) is 1. The number of carbonyl (C=O) groups is 2. The summed E-state index contributed by atoms with van der Waals surface area (Å²) < 4.78 is 5.80. The van der Waals surface area contributed by atoms with Crippen molar-refractivity contribution in [1.82, 2.24) is 0 Å². The van der Waals surface area contributed by atoms with E-state index >= 15 is 0 Å². The van der Waals surface area contributed by atoms with Crippen molar-refractivity contribution in [3.63, 3.8) is 0 Å². The van der Waals surface area contributed by atoms with Gasteiger partial charge in [-0.2, -0.15) is 0 Å². The molecule has 0 aromatic heterocycles. The van der Waals surface area contributed by atoms with Gasteiger partial charge in [0, 0.05) is 18.9 Å². The van der Waals surface area contributed by atoms with Crippen LogP contribution in [0.15, 0.2) is 24.3 Å². The maximum Gasteiger partial charge on any atom is 0.330 e. The Morgan fingerprint density at radius 2 is 1.10 bits per heavy atom. The lowest BCUT2D eigenvalue weighted by atomic mass is 10.0. The van der Waals surface area contributed by atoms with E-state index in [9.17, 15) is 14.7 Å². The molecule has 0 bridgehead atoms. The van der Waals surface area contributed by atoms with E-state index in [-0.39, 0.29) is 24.6 Å². The van der Waals surface area contributed by atoms with Crippen LogP contribution in [0.1, 0.15) is 181 Å². The summed E-state index contributed by atoms with van der Waals surface area (Å²) in [6, 6.07) is 0. The Bertz CT molecular complexity index is 642. The first-order valence-electron chi connectivity index (χ1n) is 17.4. The van der Waals surface area contributed by atoms with Gasteiger partial charge < -0.3 is 14.9 Å². The van der Waals surface area contributed by atoms with Crippen molar-refractivity contribution in [1.29, 1.82) is 0 Å². The average molecular weight is 579 g/mol. The summed E-state index contributed by atoms with van der Waals surface area (Å²) in [4.78, 5) is 23.0. The fourth-order valence-corrected chi connectivity index (χ4v) is 5.14. The van der Waals surface area contributed by atoms with Crippen LogP contribution in [0.4, 0.5) is 0 Å². The molecule has 41 heavy (non-hydrogen) atoms. The average Bonchev–Trinajstić information content (AvgIpc) is 2.95. The quantitative estimate of drug-likeness (QED) is 0.0370. The summed E-state index contributed by atoms with van der Waals surface area (Å²) in [6.45, 7) is 4.43. The Morgan fingerprint density at radius 1 is 0.610 bits per heavy atom. The molecule has 2 N–H and O–H groups in total. The molecule has 0 spiro atoms. The monoisotopic (exact) mass is 578 g/mol. The SMILES string of the molecule is CCCCCCC(O)CCCCCCCCC=CC(=O)O[C@@H](C/C=C\CCCCCCCC(=O)O)CCCCCC. The highest BCUT2D eigenvalue weighted by Crippen LogP contribution is 2.15. The van der Waals surface area contributed by atoms with Crippen molar-refractivity contribution in [2.24, 2.45) is 0 Å². The van der Waals surface area contributed by atoms with Gasteiger partial charge in [-0.3, -0.25) is 4.79 Å². The molecule has 0 radical (unpaired) electrons. The zero-order chi connectivity index (χ0) is 30.2. The van der Waals surface area contributed by atoms with Crippen molar-refractivity contribution < 1.29 is 24.5 Å². The molecule has 0 aliphatic carbocycles. The minimum Gasteiger partial charge on any atom is -0.481 e. The van der Waals surface area contributed by atoms with Gasteiger partial charge in [0.15, 0.2) is 0 Å². The van der Waals surface area contributed by atoms with Crippen LogP contribution in [0.25, 0.3) is 0 Å². The highest BCUT2D eigenvalue weighted by Gasteiger charge is 2.11. The van der Waals surface area contributed by atoms with E-state index in [1.54, 1.807) is 6.08 Å². The third-order valence-electron chi connectivity index (χ3n) is 7.79. The lowest BCUT2D eigenvalue weighted by molar-refractivity contribution is -0.143. The second kappa shape index (κ2) is 31.3. The predicted molar refractivity (Wildman–Crippen MR) is 173 cm³/mol. The number of ether oxygens (including phenoxy) is 1. The largest absolute Gasteiger partial charge is 0.481 e. The Balaban J connectivity index is 4.00. The van der Waals surface area contributed by atoms with Gasteiger partial charge in [-0.25, -0.2) is 4.79 Å². The molecular weight excluding hydrogens is 512 g/mol. The third kappa shape index (κ3) is 31.2. The molecule has 1 unspecified atom stereocenters. The minimum absolute atomic E-state index is 0.0499. The number of aliphatic hydroxyl groups excluding tert-OH is 1. The normalized spacial score (nSPS) is 13.2. The molecule has 0 saturated carbocycles. The van der Waals surface area contributed by atoms with Crippen LogP contribution in [-0.2, 0) is 14.3 Å². The van der Waals surface area contributed by atoms with Gasteiger partial charge in [0.1, 0.15) is 6.10 Å². The molecule has 0 amide bonds. The minimum atomic E-state index is -0.702. The molecule has 5 heteroatoms. The van der Waals surface area contributed by atoms with Gasteiger partial charge in [0.2, 0.25) is 0 Å². The Labute approximate surface area is 253 Å². The van der Waals surface area contributed by atoms with Crippen LogP contribution < -0.4 is 0 Å². The number of carboxylic acids is 1. The van der Waals surface area contributed by atoms with Crippen LogP contribution in [-0.4, -0.2) is 34.4 Å². The van der Waals surface area contributed by atoms with Gasteiger partial charge in [-0.1, -0.05) is 128 Å². The van der Waals surface area contributed by atoms with E-state index < -0.39 is 5.97 Å². The Hall–Kier alpha value is -1.62. The van der Waals surface area contributed by atoms with Gasteiger partial charge in [-0.05, 0) is 57.8 Å². The van der Waals surface area contributed by atoms with E-state index in [0.29, 0.717) is 0 Å². The van der Waals surface area contributed by atoms with Crippen LogP contribution >= 0.6 is 0 Å². The molecule has 0 aliphatic rings. The molecule has 0 saturated heterocycles. The molecular formula is C36H66O5. The highest BCUT2D eigenvalue weighted by atomic mass is 16.5. The topological polar surface area (TPSA) is 83.8 Å². The molecule has 0 fully saturated rings. The molecule has 0 aromatic carbocycles. The number of aliphatic hydroxyl groups is 1. The smallest absolute Gasteiger partial charge is 0.330 e. The molecule has 0 aliphatic heterocycles. The van der Waals surface area contributed by atoms with Crippen molar-refractivity contribution in [3.05, 3.63) is 24.3 Å². The Morgan fingerprint density at radius 3 is 1.68 bits per heavy atom. The van der Waals surface area contributed by atoms with E-state index in [1.807, 2.05) is 6.08 Å². The number of aliphatic carboxylic acids is 1. The zero-order valence-electron chi connectivity index (χ0n) is 27.0. The van der Waals surface area contributed by atoms with E-state index in [1.165, 1.54) is 64.2 Å². The lowest BCUT2D eigenvalue weighted by Crippen LogP contribution is -2.16. The highest BCUT2D eigenvalue weighted by molar-refractivity contribution is 5.82. The molecule has 2 atom stereocenters. The second-order valence-electron chi connectivity index (χ2n) is 11.9. The molecule has 240 valence electrons. The van der Waals surface area contributed by atoms with Crippen molar-refractivity contribution in [3.8, 4) is 0 Å². The van der Waals surface area contributed by atoms with Crippen molar-refractivity contribution in [2.45, 2.75) is 193 Å². The van der Waals surface area contributed by atoms with Crippen molar-refractivity contribution >= 4 is 11.9 Å². The van der Waals surface area contributed by atoms with Crippen molar-refractivity contribution in [2.75, 3.05) is 0 Å². The number of rotatable bonds is 31. The summed E-state index contributed by atoms with van der Waals surface area (Å²) in [5.41, 5.74) is 0. The number of unbranched alkanes of at least 4 members (excludes halogenated alkanes) is 17. The first-order chi connectivity index (χ1) is 20.0. The molecule has 0 aromatic rings. The third-order valence-corrected chi connectivity index (χ3v) is 7.79. The van der Waals surface area contributed by atoms with Crippen LogP contribution in [0.3, 0.4) is 0 Å². The zero-order valence-corrected chi connectivity index (χ0v) is 27.0. The van der Waals surface area contributed by atoms with Crippen LogP contribution in [0.5, 0.6) is 0 Å².